The van der Waals surface area contributed by atoms with Gasteiger partial charge in [0.15, 0.2) is 4.90 Å². The summed E-state index contributed by atoms with van der Waals surface area (Å²) in [7, 11) is 0. The Balaban J connectivity index is 1.39. The van der Waals surface area contributed by atoms with Crippen LogP contribution in [0.15, 0.2) is 45.8 Å². The quantitative estimate of drug-likeness (QED) is 0.524. The first-order valence-corrected chi connectivity index (χ1v) is 12.8. The normalized spacial score (nSPS) is 25.8. The van der Waals surface area contributed by atoms with Crippen LogP contribution in [-0.2, 0) is 27.3 Å². The van der Waals surface area contributed by atoms with Crippen molar-refractivity contribution in [2.24, 2.45) is 5.73 Å². The molecule has 1 aromatic heterocycles. The topological polar surface area (TPSA) is 121 Å². The average molecular weight is 518 g/mol. The zero-order valence-corrected chi connectivity index (χ0v) is 20.0. The molecule has 6 rings (SSSR count). The molecule has 0 spiro atoms. The molecule has 0 radical (unpaired) electrons. The van der Waals surface area contributed by atoms with Gasteiger partial charge in [-0.25, -0.2) is 4.39 Å². The van der Waals surface area contributed by atoms with Crippen LogP contribution >= 0.6 is 11.6 Å². The molecule has 2 aromatic carbocycles. The molecule has 1 saturated heterocycles. The SMILES string of the molecule is N[C@H]1C[S+]([O-])c2cc(F)c(-c3noc(N4CCOC5CC54)n3)cc2N(Cc2ccc(Cl)cc2)C1=O. The van der Waals surface area contributed by atoms with Gasteiger partial charge in [0.05, 0.1) is 30.9 Å². The lowest BCUT2D eigenvalue weighted by Gasteiger charge is -2.24. The fraction of sp³-hybridized carbons (Fsp3) is 0.348. The minimum absolute atomic E-state index is 0.0423. The highest BCUT2D eigenvalue weighted by atomic mass is 35.5. The summed E-state index contributed by atoms with van der Waals surface area (Å²) in [5.74, 6) is -1.13. The van der Waals surface area contributed by atoms with Crippen molar-refractivity contribution >= 4 is 40.4 Å². The molecule has 1 aliphatic carbocycles. The lowest BCUT2D eigenvalue weighted by atomic mass is 10.1. The minimum atomic E-state index is -1.67. The summed E-state index contributed by atoms with van der Waals surface area (Å²) >= 11 is 4.32. The Bertz CT molecular complexity index is 1290. The molecule has 3 aromatic rings. The van der Waals surface area contributed by atoms with Crippen LogP contribution in [0.1, 0.15) is 12.0 Å². The molecule has 2 N–H and O–H groups in total. The highest BCUT2D eigenvalue weighted by Gasteiger charge is 2.47. The number of rotatable bonds is 4. The molecule has 2 aliphatic heterocycles. The first-order chi connectivity index (χ1) is 16.9. The number of amides is 1. The second-order valence-electron chi connectivity index (χ2n) is 8.78. The Labute approximate surface area is 208 Å². The Hall–Kier alpha value is -2.70. The third-order valence-electron chi connectivity index (χ3n) is 6.42. The maximum Gasteiger partial charge on any atom is 0.324 e. The molecule has 1 saturated carbocycles. The van der Waals surface area contributed by atoms with Crippen LogP contribution in [0.25, 0.3) is 11.4 Å². The molecular weight excluding hydrogens is 497 g/mol. The molecule has 0 bridgehead atoms. The van der Waals surface area contributed by atoms with Crippen molar-refractivity contribution in [3.63, 3.8) is 0 Å². The van der Waals surface area contributed by atoms with Crippen molar-refractivity contribution in [2.45, 2.75) is 36.0 Å². The highest BCUT2D eigenvalue weighted by Crippen LogP contribution is 2.39. The molecule has 182 valence electrons. The Kier molecular flexibility index (Phi) is 5.69. The zero-order valence-electron chi connectivity index (χ0n) is 18.4. The fourth-order valence-corrected chi connectivity index (χ4v) is 5.91. The third-order valence-corrected chi connectivity index (χ3v) is 8.15. The Morgan fingerprint density at radius 2 is 2.09 bits per heavy atom. The van der Waals surface area contributed by atoms with E-state index in [1.54, 1.807) is 24.3 Å². The van der Waals surface area contributed by atoms with Crippen LogP contribution in [0.2, 0.25) is 5.02 Å². The molecule has 3 heterocycles. The highest BCUT2D eigenvalue weighted by molar-refractivity contribution is 7.91. The van der Waals surface area contributed by atoms with Crippen molar-refractivity contribution in [3.05, 3.63) is 52.8 Å². The van der Waals surface area contributed by atoms with Gasteiger partial charge in [-0.05, 0) is 41.4 Å². The molecule has 9 nitrogen and oxygen atoms in total. The Morgan fingerprint density at radius 3 is 2.89 bits per heavy atom. The van der Waals surface area contributed by atoms with E-state index in [1.165, 1.54) is 17.0 Å². The number of hydrogen-bond acceptors (Lipinski definition) is 8. The lowest BCUT2D eigenvalue weighted by Crippen LogP contribution is -2.45. The van der Waals surface area contributed by atoms with Crippen LogP contribution < -0.4 is 15.5 Å². The second-order valence-corrected chi connectivity index (χ2v) is 10.7. The minimum Gasteiger partial charge on any atom is -0.611 e. The molecule has 3 unspecified atom stereocenters. The number of carbonyl (C=O) groups is 1. The number of morpholine rings is 1. The summed E-state index contributed by atoms with van der Waals surface area (Å²) in [6.45, 7) is 1.31. The van der Waals surface area contributed by atoms with Crippen molar-refractivity contribution in [1.82, 2.24) is 10.1 Å². The van der Waals surface area contributed by atoms with Crippen LogP contribution in [0.4, 0.5) is 16.1 Å². The summed E-state index contributed by atoms with van der Waals surface area (Å²) < 4.78 is 39.3. The van der Waals surface area contributed by atoms with Gasteiger partial charge in [-0.1, -0.05) is 28.9 Å². The molecule has 12 heteroatoms. The van der Waals surface area contributed by atoms with Crippen molar-refractivity contribution in [3.8, 4) is 11.4 Å². The van der Waals surface area contributed by atoms with E-state index in [4.69, 9.17) is 26.6 Å². The fourth-order valence-electron chi connectivity index (χ4n) is 4.50. The first kappa shape index (κ1) is 22.7. The molecule has 4 atom stereocenters. The summed E-state index contributed by atoms with van der Waals surface area (Å²) in [6, 6.07) is 9.10. The van der Waals surface area contributed by atoms with Gasteiger partial charge in [0.1, 0.15) is 23.3 Å². The lowest BCUT2D eigenvalue weighted by molar-refractivity contribution is -0.119. The van der Waals surface area contributed by atoms with Gasteiger partial charge < -0.3 is 29.3 Å². The van der Waals surface area contributed by atoms with Crippen LogP contribution in [0.5, 0.6) is 0 Å². The number of hydrogen-bond donors (Lipinski definition) is 1. The van der Waals surface area contributed by atoms with Crippen molar-refractivity contribution < 1.29 is 23.0 Å². The van der Waals surface area contributed by atoms with E-state index in [1.807, 2.05) is 4.90 Å². The van der Waals surface area contributed by atoms with Gasteiger partial charge >= 0.3 is 6.01 Å². The molecule has 2 fully saturated rings. The van der Waals surface area contributed by atoms with Gasteiger partial charge in [-0.2, -0.15) is 4.98 Å². The maximum absolute atomic E-state index is 15.3. The number of aromatic nitrogens is 2. The monoisotopic (exact) mass is 517 g/mol. The smallest absolute Gasteiger partial charge is 0.324 e. The van der Waals surface area contributed by atoms with Gasteiger partial charge in [-0.3, -0.25) is 4.79 Å². The summed E-state index contributed by atoms with van der Waals surface area (Å²) in [6.07, 6.45) is 1.05. The van der Waals surface area contributed by atoms with Crippen molar-refractivity contribution in [2.75, 3.05) is 28.7 Å². The number of anilines is 2. The van der Waals surface area contributed by atoms with E-state index >= 15 is 4.39 Å². The summed E-state index contributed by atoms with van der Waals surface area (Å²) in [5, 5.41) is 4.55. The maximum atomic E-state index is 15.3. The molecule has 1 amide bonds. The summed E-state index contributed by atoms with van der Waals surface area (Å²) in [5.41, 5.74) is 7.18. The molecular formula is C23H21ClFN5O4S. The number of nitrogens with zero attached hydrogens (tertiary/aromatic N) is 4. The zero-order chi connectivity index (χ0) is 24.3. The predicted molar refractivity (Wildman–Crippen MR) is 127 cm³/mol. The molecule has 35 heavy (non-hydrogen) atoms. The predicted octanol–water partition coefficient (Wildman–Crippen LogP) is 2.49. The van der Waals surface area contributed by atoms with E-state index in [-0.39, 0.29) is 40.7 Å². The summed E-state index contributed by atoms with van der Waals surface area (Å²) in [4.78, 5) is 21.2. The standard InChI is InChI=1S/C23H21ClFN5O4S/c24-13-3-1-12(2-4-13)10-30-18-7-14(15(25)8-20(18)35(32)11-16(26)22(30)31)21-27-23(34-28-21)29-5-6-33-19-9-17(19)29/h1-4,7-8,16-17,19H,5-6,9-11,26H2/t16-,17?,19?,35?/m0/s1. The van der Waals surface area contributed by atoms with Crippen LogP contribution in [-0.4, -0.2) is 57.7 Å². The van der Waals surface area contributed by atoms with Crippen LogP contribution in [0.3, 0.4) is 0 Å². The number of ether oxygens (including phenoxy) is 1. The second kappa shape index (κ2) is 8.75. The number of nitrogens with two attached hydrogens (primary N) is 1. The first-order valence-electron chi connectivity index (χ1n) is 11.1. The van der Waals surface area contributed by atoms with E-state index in [0.29, 0.717) is 29.9 Å². The van der Waals surface area contributed by atoms with Crippen molar-refractivity contribution in [1.29, 1.82) is 0 Å². The van der Waals surface area contributed by atoms with Crippen LogP contribution in [0, 0.1) is 5.82 Å². The number of benzene rings is 2. The average Bonchev–Trinajstić information content (AvgIpc) is 3.51. The number of fused-ring (bicyclic) bond motifs is 2. The third kappa shape index (κ3) is 4.17. The van der Waals surface area contributed by atoms with E-state index in [0.717, 1.165) is 12.0 Å². The number of carbonyl (C=O) groups excluding carboxylic acids is 1. The van der Waals surface area contributed by atoms with E-state index in [2.05, 4.69) is 10.1 Å². The number of halogens is 2. The Morgan fingerprint density at radius 1 is 1.29 bits per heavy atom. The van der Waals surface area contributed by atoms with E-state index < -0.39 is 28.9 Å². The van der Waals surface area contributed by atoms with Gasteiger partial charge in [-0.15, -0.1) is 0 Å². The van der Waals surface area contributed by atoms with Gasteiger partial charge in [0, 0.05) is 17.6 Å². The van der Waals surface area contributed by atoms with E-state index in [9.17, 15) is 9.35 Å². The molecule has 3 aliphatic rings. The van der Waals surface area contributed by atoms with Gasteiger partial charge in [0.25, 0.3) is 0 Å². The largest absolute Gasteiger partial charge is 0.611 e. The van der Waals surface area contributed by atoms with Gasteiger partial charge in [0.2, 0.25) is 11.7 Å².